The molecule has 2 aromatic heterocycles. The van der Waals surface area contributed by atoms with Gasteiger partial charge in [0.25, 0.3) is 11.8 Å². The summed E-state index contributed by atoms with van der Waals surface area (Å²) in [5.41, 5.74) is 0.855. The zero-order valence-electron chi connectivity index (χ0n) is 19.3. The lowest BCUT2D eigenvalue weighted by Crippen LogP contribution is -2.54. The number of fused-ring (bicyclic) bond motifs is 2. The van der Waals surface area contributed by atoms with Crippen LogP contribution in [0.3, 0.4) is 0 Å². The van der Waals surface area contributed by atoms with Crippen molar-refractivity contribution >= 4 is 11.8 Å². The van der Waals surface area contributed by atoms with Crippen molar-refractivity contribution < 1.29 is 23.5 Å². The molecule has 1 saturated heterocycles. The summed E-state index contributed by atoms with van der Waals surface area (Å²) < 4.78 is 18.9. The van der Waals surface area contributed by atoms with E-state index in [9.17, 15) is 9.59 Å². The fourth-order valence-corrected chi connectivity index (χ4v) is 4.77. The highest BCUT2D eigenvalue weighted by molar-refractivity contribution is 5.95. The number of carbonyl (C=O) groups is 2. The van der Waals surface area contributed by atoms with Crippen molar-refractivity contribution in [2.75, 3.05) is 20.2 Å². The number of likely N-dealkylation sites (tertiary alicyclic amines) is 1. The highest BCUT2D eigenvalue weighted by Gasteiger charge is 2.47. The largest absolute Gasteiger partial charge is 0.497 e. The summed E-state index contributed by atoms with van der Waals surface area (Å²) in [6.07, 6.45) is 5.65. The number of aryl methyl sites for hydroxylation is 1. The number of hydrogen-bond donors (Lipinski definition) is 1. The molecular weight excluding hydrogens is 436 g/mol. The fraction of sp³-hybridized carbons (Fsp3) is 0.400. The molecule has 2 aliphatic heterocycles. The normalized spacial score (nSPS) is 19.0. The van der Waals surface area contributed by atoms with E-state index in [4.69, 9.17) is 13.9 Å². The maximum atomic E-state index is 13.0. The van der Waals surface area contributed by atoms with Gasteiger partial charge in [-0.15, -0.1) is 0 Å². The van der Waals surface area contributed by atoms with Crippen molar-refractivity contribution in [1.82, 2.24) is 19.8 Å². The molecule has 0 aliphatic carbocycles. The number of rotatable bonds is 5. The van der Waals surface area contributed by atoms with Gasteiger partial charge in [0.05, 0.1) is 25.5 Å². The first-order valence-electron chi connectivity index (χ1n) is 11.4. The van der Waals surface area contributed by atoms with Gasteiger partial charge in [-0.1, -0.05) is 12.1 Å². The van der Waals surface area contributed by atoms with Crippen molar-refractivity contribution in [3.05, 3.63) is 71.7 Å². The van der Waals surface area contributed by atoms with Gasteiger partial charge in [-0.05, 0) is 30.7 Å². The second kappa shape index (κ2) is 8.98. The van der Waals surface area contributed by atoms with Gasteiger partial charge in [-0.25, -0.2) is 4.98 Å². The number of ether oxygens (including phenoxy) is 2. The number of carbonyl (C=O) groups excluding carboxylic acids is 2. The number of benzene rings is 1. The summed E-state index contributed by atoms with van der Waals surface area (Å²) in [5, 5.41) is 2.99. The second-order valence-electron chi connectivity index (χ2n) is 8.75. The van der Waals surface area contributed by atoms with E-state index in [0.29, 0.717) is 50.3 Å². The summed E-state index contributed by atoms with van der Waals surface area (Å²) in [6.45, 7) is 3.61. The molecule has 1 N–H and O–H groups in total. The maximum Gasteiger partial charge on any atom is 0.257 e. The van der Waals surface area contributed by atoms with E-state index in [2.05, 4.69) is 10.3 Å². The molecule has 5 rings (SSSR count). The molecule has 0 radical (unpaired) electrons. The monoisotopic (exact) mass is 464 g/mol. The Balaban J connectivity index is 1.26. The Bertz CT molecular complexity index is 1170. The summed E-state index contributed by atoms with van der Waals surface area (Å²) >= 11 is 0. The number of methoxy groups -OCH3 is 1. The Morgan fingerprint density at radius 3 is 2.65 bits per heavy atom. The first kappa shape index (κ1) is 22.2. The van der Waals surface area contributed by atoms with Gasteiger partial charge in [0, 0.05) is 44.9 Å². The average molecular weight is 465 g/mol. The summed E-state index contributed by atoms with van der Waals surface area (Å²) in [6, 6.07) is 9.28. The zero-order valence-corrected chi connectivity index (χ0v) is 19.3. The van der Waals surface area contributed by atoms with Crippen LogP contribution in [0.2, 0.25) is 0 Å². The van der Waals surface area contributed by atoms with E-state index < -0.39 is 11.7 Å². The molecule has 3 aromatic rings. The molecule has 2 aliphatic rings. The van der Waals surface area contributed by atoms with E-state index in [1.165, 1.54) is 6.26 Å². The number of nitrogens with zero attached hydrogens (tertiary/aromatic N) is 3. The van der Waals surface area contributed by atoms with Gasteiger partial charge >= 0.3 is 0 Å². The molecule has 9 nitrogen and oxygen atoms in total. The van der Waals surface area contributed by atoms with Gasteiger partial charge in [0.1, 0.15) is 22.9 Å². The van der Waals surface area contributed by atoms with Crippen LogP contribution in [-0.2, 0) is 28.2 Å². The topological polar surface area (TPSA) is 98.8 Å². The van der Waals surface area contributed by atoms with Crippen molar-refractivity contribution in [2.24, 2.45) is 0 Å². The molecule has 1 atom stereocenters. The number of hydrogen-bond acceptors (Lipinski definition) is 6. The Hall–Kier alpha value is -3.59. The van der Waals surface area contributed by atoms with Crippen LogP contribution in [0, 0.1) is 6.92 Å². The third-order valence-electron chi connectivity index (χ3n) is 6.72. The molecule has 0 saturated carbocycles. The maximum absolute atomic E-state index is 13.0. The van der Waals surface area contributed by atoms with Crippen LogP contribution in [-0.4, -0.2) is 52.6 Å². The van der Waals surface area contributed by atoms with Crippen LogP contribution < -0.4 is 10.1 Å². The lowest BCUT2D eigenvalue weighted by atomic mass is 9.88. The molecule has 2 amide bonds. The third-order valence-corrected chi connectivity index (χ3v) is 6.72. The van der Waals surface area contributed by atoms with Crippen molar-refractivity contribution in [3.8, 4) is 5.75 Å². The number of nitrogens with one attached hydrogen (secondary N) is 1. The predicted octanol–water partition coefficient (Wildman–Crippen LogP) is 2.64. The predicted molar refractivity (Wildman–Crippen MR) is 122 cm³/mol. The van der Waals surface area contributed by atoms with E-state index in [-0.39, 0.29) is 11.8 Å². The zero-order chi connectivity index (χ0) is 23.7. The van der Waals surface area contributed by atoms with Crippen LogP contribution in [0.1, 0.15) is 40.3 Å². The lowest BCUT2D eigenvalue weighted by molar-refractivity contribution is -0.172. The van der Waals surface area contributed by atoms with Crippen LogP contribution >= 0.6 is 0 Å². The molecule has 4 heterocycles. The Morgan fingerprint density at radius 2 is 1.97 bits per heavy atom. The smallest absolute Gasteiger partial charge is 0.257 e. The third kappa shape index (κ3) is 4.07. The van der Waals surface area contributed by atoms with Gasteiger partial charge in [0.15, 0.2) is 6.10 Å². The molecule has 34 heavy (non-hydrogen) atoms. The fourth-order valence-electron chi connectivity index (χ4n) is 4.77. The van der Waals surface area contributed by atoms with Gasteiger partial charge < -0.3 is 28.7 Å². The summed E-state index contributed by atoms with van der Waals surface area (Å²) in [7, 11) is 1.62. The number of imidazole rings is 1. The summed E-state index contributed by atoms with van der Waals surface area (Å²) in [5.74, 6) is 1.99. The van der Waals surface area contributed by atoms with E-state index in [0.717, 1.165) is 17.1 Å². The molecular formula is C25H28N4O5. The SMILES string of the molecule is COc1ccc(CNC(=O)[C@@H]2Cn3ccnc3C3(CCN(C(=O)c4ccoc4C)CC3)O2)cc1. The van der Waals surface area contributed by atoms with Gasteiger partial charge in [0.2, 0.25) is 0 Å². The van der Waals surface area contributed by atoms with Crippen LogP contribution in [0.4, 0.5) is 0 Å². The minimum atomic E-state index is -0.702. The van der Waals surface area contributed by atoms with Gasteiger partial charge in [-0.3, -0.25) is 9.59 Å². The minimum Gasteiger partial charge on any atom is -0.497 e. The lowest BCUT2D eigenvalue weighted by Gasteiger charge is -2.45. The molecule has 0 bridgehead atoms. The van der Waals surface area contributed by atoms with Crippen LogP contribution in [0.5, 0.6) is 5.75 Å². The minimum absolute atomic E-state index is 0.0472. The Morgan fingerprint density at radius 1 is 1.21 bits per heavy atom. The molecule has 1 spiro atoms. The highest BCUT2D eigenvalue weighted by Crippen LogP contribution is 2.40. The molecule has 9 heteroatoms. The van der Waals surface area contributed by atoms with Crippen LogP contribution in [0.25, 0.3) is 0 Å². The number of furan rings is 1. The first-order chi connectivity index (χ1) is 16.5. The van der Waals surface area contributed by atoms with Crippen molar-refractivity contribution in [3.63, 3.8) is 0 Å². The van der Waals surface area contributed by atoms with E-state index in [1.54, 1.807) is 26.3 Å². The quantitative estimate of drug-likeness (QED) is 0.623. The number of piperidine rings is 1. The second-order valence-corrected chi connectivity index (χ2v) is 8.75. The average Bonchev–Trinajstić information content (AvgIpc) is 3.52. The van der Waals surface area contributed by atoms with E-state index in [1.807, 2.05) is 39.9 Å². The standard InChI is InChI=1S/C25H28N4O5/c1-17-20(7-14-33-17)23(31)28-11-8-25(9-12-28)24-26-10-13-29(24)16-21(34-25)22(30)27-15-18-3-5-19(32-2)6-4-18/h3-7,10,13-14,21H,8-9,11-12,15-16H2,1-2H3,(H,27,30)/t21-/m0/s1. The summed E-state index contributed by atoms with van der Waals surface area (Å²) in [4.78, 5) is 32.3. The highest BCUT2D eigenvalue weighted by atomic mass is 16.5. The number of amides is 2. The molecule has 178 valence electrons. The first-order valence-corrected chi connectivity index (χ1v) is 11.4. The van der Waals surface area contributed by atoms with Crippen LogP contribution in [0.15, 0.2) is 53.4 Å². The number of aromatic nitrogens is 2. The van der Waals surface area contributed by atoms with E-state index >= 15 is 0 Å². The van der Waals surface area contributed by atoms with Crippen molar-refractivity contribution in [1.29, 1.82) is 0 Å². The molecule has 0 unspecified atom stereocenters. The molecule has 1 aromatic carbocycles. The van der Waals surface area contributed by atoms with Crippen molar-refractivity contribution in [2.45, 2.75) is 44.6 Å². The molecule has 1 fully saturated rings. The Kier molecular flexibility index (Phi) is 5.87. The van der Waals surface area contributed by atoms with Gasteiger partial charge in [-0.2, -0.15) is 0 Å². The Labute approximate surface area is 197 Å².